The smallest absolute Gasteiger partial charge is 0.393 e. The number of nitrogens with zero attached hydrogens (tertiary/aromatic N) is 1. The van der Waals surface area contributed by atoms with Crippen molar-refractivity contribution in [3.8, 4) is 11.1 Å². The number of pyridine rings is 1. The maximum atomic E-state index is 12.5. The third-order valence-corrected chi connectivity index (χ3v) is 3.64. The van der Waals surface area contributed by atoms with E-state index in [9.17, 15) is 23.1 Å². The van der Waals surface area contributed by atoms with Gasteiger partial charge in [0.15, 0.2) is 5.69 Å². The van der Waals surface area contributed by atoms with Crippen LogP contribution in [0.4, 0.5) is 13.2 Å². The third kappa shape index (κ3) is 4.28. The number of rotatable bonds is 3. The van der Waals surface area contributed by atoms with Gasteiger partial charge in [0.1, 0.15) is 0 Å². The van der Waals surface area contributed by atoms with Crippen LogP contribution in [0.1, 0.15) is 16.1 Å². The molecule has 0 saturated carbocycles. The summed E-state index contributed by atoms with van der Waals surface area (Å²) in [6.07, 6.45) is -4.86. The number of carboxylic acids is 1. The van der Waals surface area contributed by atoms with Crippen LogP contribution in [0.2, 0.25) is 15.1 Å². The first-order chi connectivity index (χ1) is 10.6. The van der Waals surface area contributed by atoms with Crippen molar-refractivity contribution in [3.05, 3.63) is 50.7 Å². The number of aromatic carboxylic acids is 1. The van der Waals surface area contributed by atoms with E-state index < -0.39 is 24.3 Å². The predicted molar refractivity (Wildman–Crippen MR) is 81.4 cm³/mol. The minimum atomic E-state index is -4.46. The summed E-state index contributed by atoms with van der Waals surface area (Å²) < 4.78 is 37.6. The van der Waals surface area contributed by atoms with Gasteiger partial charge in [-0.2, -0.15) is 13.2 Å². The maximum absolute atomic E-state index is 12.5. The molecule has 3 nitrogen and oxygen atoms in total. The Morgan fingerprint density at radius 3 is 2.17 bits per heavy atom. The number of alkyl halides is 3. The van der Waals surface area contributed by atoms with Gasteiger partial charge in [0, 0.05) is 22.3 Å². The Morgan fingerprint density at radius 2 is 1.70 bits per heavy atom. The van der Waals surface area contributed by atoms with Crippen LogP contribution in [0.5, 0.6) is 0 Å². The van der Waals surface area contributed by atoms with Gasteiger partial charge >= 0.3 is 12.1 Å². The second kappa shape index (κ2) is 6.55. The summed E-state index contributed by atoms with van der Waals surface area (Å²) >= 11 is 17.8. The van der Waals surface area contributed by atoms with E-state index >= 15 is 0 Å². The average molecular weight is 385 g/mol. The van der Waals surface area contributed by atoms with Crippen LogP contribution in [-0.4, -0.2) is 22.2 Å². The predicted octanol–water partition coefficient (Wildman–Crippen LogP) is 5.51. The van der Waals surface area contributed by atoms with E-state index in [-0.39, 0.29) is 31.8 Å². The third-order valence-electron chi connectivity index (χ3n) is 2.83. The summed E-state index contributed by atoms with van der Waals surface area (Å²) in [6, 6.07) is 3.68. The van der Waals surface area contributed by atoms with Gasteiger partial charge in [0.25, 0.3) is 0 Å². The standard InChI is InChI=1S/C14H7Cl3F3NO2/c15-7-2-9(16)11(10(17)3-7)8-1-6(4-14(18,19)20)5-21-12(8)13(22)23/h1-3,5H,4H2,(H,22,23). The number of hydrogen-bond donors (Lipinski definition) is 1. The second-order valence-corrected chi connectivity index (χ2v) is 5.83. The van der Waals surface area contributed by atoms with Gasteiger partial charge in [-0.3, -0.25) is 0 Å². The molecular formula is C14H7Cl3F3NO2. The molecule has 2 rings (SSSR count). The number of carbonyl (C=O) groups is 1. The lowest BCUT2D eigenvalue weighted by Crippen LogP contribution is -2.13. The number of hydrogen-bond acceptors (Lipinski definition) is 2. The zero-order valence-electron chi connectivity index (χ0n) is 11.1. The lowest BCUT2D eigenvalue weighted by Gasteiger charge is -2.13. The van der Waals surface area contributed by atoms with E-state index in [1.807, 2.05) is 0 Å². The van der Waals surface area contributed by atoms with Crippen LogP contribution in [-0.2, 0) is 6.42 Å². The molecule has 2 aromatic rings. The Hall–Kier alpha value is -1.50. The minimum Gasteiger partial charge on any atom is -0.476 e. The molecule has 122 valence electrons. The van der Waals surface area contributed by atoms with Gasteiger partial charge in [0.2, 0.25) is 0 Å². The quantitative estimate of drug-likeness (QED) is 0.759. The fourth-order valence-electron chi connectivity index (χ4n) is 2.00. The van der Waals surface area contributed by atoms with Crippen LogP contribution in [0.15, 0.2) is 24.4 Å². The molecule has 0 atom stereocenters. The molecule has 1 aromatic heterocycles. The van der Waals surface area contributed by atoms with E-state index in [0.29, 0.717) is 0 Å². The van der Waals surface area contributed by atoms with Crippen molar-refractivity contribution in [2.24, 2.45) is 0 Å². The molecule has 0 radical (unpaired) electrons. The van der Waals surface area contributed by atoms with Crippen LogP contribution in [0.3, 0.4) is 0 Å². The topological polar surface area (TPSA) is 50.2 Å². The molecule has 1 N–H and O–H groups in total. The Bertz CT molecular complexity index is 755. The van der Waals surface area contributed by atoms with E-state index in [4.69, 9.17) is 34.8 Å². The van der Waals surface area contributed by atoms with Gasteiger partial charge in [-0.05, 0) is 23.8 Å². The highest BCUT2D eigenvalue weighted by Gasteiger charge is 2.29. The van der Waals surface area contributed by atoms with Crippen molar-refractivity contribution in [1.82, 2.24) is 4.98 Å². The molecule has 1 heterocycles. The fraction of sp³-hybridized carbons (Fsp3) is 0.143. The van der Waals surface area contributed by atoms with Crippen LogP contribution in [0.25, 0.3) is 11.1 Å². The largest absolute Gasteiger partial charge is 0.476 e. The molecule has 1 aromatic carbocycles. The molecule has 0 saturated heterocycles. The first-order valence-corrected chi connectivity index (χ1v) is 7.16. The lowest BCUT2D eigenvalue weighted by atomic mass is 10.0. The first-order valence-electron chi connectivity index (χ1n) is 6.02. The number of carboxylic acid groups (broad SMARTS) is 1. The van der Waals surface area contributed by atoms with Gasteiger partial charge in [0.05, 0.1) is 16.5 Å². The molecule has 23 heavy (non-hydrogen) atoms. The normalized spacial score (nSPS) is 11.6. The van der Waals surface area contributed by atoms with Crippen molar-refractivity contribution in [1.29, 1.82) is 0 Å². The minimum absolute atomic E-state index is 0.0101. The lowest BCUT2D eigenvalue weighted by molar-refractivity contribution is -0.127. The highest BCUT2D eigenvalue weighted by Crippen LogP contribution is 2.39. The van der Waals surface area contributed by atoms with E-state index in [2.05, 4.69) is 4.98 Å². The van der Waals surface area contributed by atoms with Crippen molar-refractivity contribution in [2.75, 3.05) is 0 Å². The van der Waals surface area contributed by atoms with Gasteiger partial charge < -0.3 is 5.11 Å². The van der Waals surface area contributed by atoms with E-state index in [1.54, 1.807) is 0 Å². The molecule has 0 fully saturated rings. The second-order valence-electron chi connectivity index (χ2n) is 4.58. The van der Waals surface area contributed by atoms with Crippen molar-refractivity contribution < 1.29 is 23.1 Å². The highest BCUT2D eigenvalue weighted by molar-refractivity contribution is 6.42. The molecule has 0 bridgehead atoms. The van der Waals surface area contributed by atoms with Crippen molar-refractivity contribution in [2.45, 2.75) is 12.6 Å². The molecule has 0 aliphatic rings. The molecular weight excluding hydrogens is 378 g/mol. The summed E-state index contributed by atoms with van der Waals surface area (Å²) in [5.41, 5.74) is -0.709. The Balaban J connectivity index is 2.68. The first kappa shape index (κ1) is 17.8. The van der Waals surface area contributed by atoms with Crippen LogP contribution >= 0.6 is 34.8 Å². The maximum Gasteiger partial charge on any atom is 0.393 e. The monoisotopic (exact) mass is 383 g/mol. The van der Waals surface area contributed by atoms with Crippen molar-refractivity contribution in [3.63, 3.8) is 0 Å². The van der Waals surface area contributed by atoms with Gasteiger partial charge in [-0.25, -0.2) is 9.78 Å². The zero-order valence-corrected chi connectivity index (χ0v) is 13.4. The van der Waals surface area contributed by atoms with E-state index in [0.717, 1.165) is 12.3 Å². The van der Waals surface area contributed by atoms with Gasteiger partial charge in [-0.15, -0.1) is 0 Å². The summed E-state index contributed by atoms with van der Waals surface area (Å²) in [4.78, 5) is 14.9. The molecule has 0 aliphatic carbocycles. The fourth-order valence-corrected chi connectivity index (χ4v) is 3.02. The molecule has 0 spiro atoms. The zero-order chi connectivity index (χ0) is 17.4. The summed E-state index contributed by atoms with van der Waals surface area (Å²) in [5, 5.41) is 9.42. The van der Waals surface area contributed by atoms with Crippen molar-refractivity contribution >= 4 is 40.8 Å². The van der Waals surface area contributed by atoms with E-state index in [1.165, 1.54) is 12.1 Å². The SMILES string of the molecule is O=C(O)c1ncc(CC(F)(F)F)cc1-c1c(Cl)cc(Cl)cc1Cl. The number of benzene rings is 1. The average Bonchev–Trinajstić information content (AvgIpc) is 2.35. The molecule has 9 heteroatoms. The summed E-state index contributed by atoms with van der Waals surface area (Å²) in [7, 11) is 0. The van der Waals surface area contributed by atoms with Crippen LogP contribution < -0.4 is 0 Å². The molecule has 0 aliphatic heterocycles. The number of aromatic nitrogens is 1. The van der Waals surface area contributed by atoms with Crippen LogP contribution in [0, 0.1) is 0 Å². The summed E-state index contributed by atoms with van der Waals surface area (Å²) in [6.45, 7) is 0. The highest BCUT2D eigenvalue weighted by atomic mass is 35.5. The Kier molecular flexibility index (Phi) is 5.08. The Labute approximate surface area is 143 Å². The summed E-state index contributed by atoms with van der Waals surface area (Å²) in [5.74, 6) is -1.42. The number of halogens is 6. The molecule has 0 amide bonds. The molecule has 0 unspecified atom stereocenters. The Morgan fingerprint density at radius 1 is 1.13 bits per heavy atom. The van der Waals surface area contributed by atoms with Gasteiger partial charge in [-0.1, -0.05) is 34.8 Å².